The second kappa shape index (κ2) is 7.48. The van der Waals surface area contributed by atoms with Gasteiger partial charge in [-0.05, 0) is 31.5 Å². The van der Waals surface area contributed by atoms with Gasteiger partial charge < -0.3 is 14.6 Å². The van der Waals surface area contributed by atoms with Crippen molar-refractivity contribution in [2.75, 3.05) is 5.32 Å². The summed E-state index contributed by atoms with van der Waals surface area (Å²) in [4.78, 5) is 21.3. The normalized spacial score (nSPS) is 10.8. The number of anilines is 1. The molecule has 1 N–H and O–H groups in total. The number of nitrogens with zero attached hydrogens (tertiary/aromatic N) is 3. The lowest BCUT2D eigenvalue weighted by Crippen LogP contribution is -2.13. The fourth-order valence-corrected chi connectivity index (χ4v) is 2.89. The lowest BCUT2D eigenvalue weighted by molar-refractivity contribution is 0.102. The fraction of sp³-hybridized carbons (Fsp3) is 0.143. The van der Waals surface area contributed by atoms with E-state index in [1.807, 2.05) is 30.3 Å². The molecule has 0 aliphatic heterocycles. The molecule has 28 heavy (non-hydrogen) atoms. The van der Waals surface area contributed by atoms with E-state index in [9.17, 15) is 4.79 Å². The number of carbonyl (C=O) groups excluding carboxylic acids is 1. The van der Waals surface area contributed by atoms with Crippen LogP contribution in [0.5, 0.6) is 5.88 Å². The molecule has 0 unspecified atom stereocenters. The average Bonchev–Trinajstić information content (AvgIpc) is 3.07. The summed E-state index contributed by atoms with van der Waals surface area (Å²) in [5.41, 5.74) is 3.73. The highest BCUT2D eigenvalue weighted by molar-refractivity contribution is 6.12. The Morgan fingerprint density at radius 1 is 1.14 bits per heavy atom. The van der Waals surface area contributed by atoms with Crippen LogP contribution in [0, 0.1) is 13.8 Å². The Kier molecular flexibility index (Phi) is 4.72. The van der Waals surface area contributed by atoms with Gasteiger partial charge >= 0.3 is 0 Å². The van der Waals surface area contributed by atoms with Crippen molar-refractivity contribution in [3.63, 3.8) is 0 Å². The van der Waals surface area contributed by atoms with E-state index in [1.54, 1.807) is 38.2 Å². The summed E-state index contributed by atoms with van der Waals surface area (Å²) in [5, 5.41) is 7.39. The number of hydrogen-bond acceptors (Lipinski definition) is 6. The predicted octanol–water partition coefficient (Wildman–Crippen LogP) is 4.07. The van der Waals surface area contributed by atoms with Crippen molar-refractivity contribution in [2.24, 2.45) is 0 Å². The van der Waals surface area contributed by atoms with Gasteiger partial charge in [-0.3, -0.25) is 4.79 Å². The zero-order chi connectivity index (χ0) is 19.5. The Morgan fingerprint density at radius 2 is 1.96 bits per heavy atom. The number of aromatic nitrogens is 3. The summed E-state index contributed by atoms with van der Waals surface area (Å²) in [5.74, 6) is 0.154. The number of hydrogen-bond donors (Lipinski definition) is 1. The number of benzene rings is 1. The molecule has 3 aromatic heterocycles. The molecule has 1 amide bonds. The van der Waals surface area contributed by atoms with E-state index in [1.165, 1.54) is 0 Å². The summed E-state index contributed by atoms with van der Waals surface area (Å²) >= 11 is 0. The molecular formula is C21H18N4O3. The van der Waals surface area contributed by atoms with Gasteiger partial charge in [-0.25, -0.2) is 9.97 Å². The summed E-state index contributed by atoms with van der Waals surface area (Å²) < 4.78 is 10.9. The standard InChI is InChI=1S/C21H18N4O3/c1-13-10-17(19-14(2)25-28-21(19)23-13)20(26)24-16-8-9-22-18(11-16)27-12-15-6-4-3-5-7-15/h3-11H,12H2,1-2H3,(H,22,24,26). The van der Waals surface area contributed by atoms with Gasteiger partial charge in [-0.1, -0.05) is 35.5 Å². The number of amides is 1. The van der Waals surface area contributed by atoms with E-state index in [0.29, 0.717) is 46.2 Å². The lowest BCUT2D eigenvalue weighted by Gasteiger charge is -2.09. The molecule has 0 spiro atoms. The molecule has 4 aromatic rings. The number of pyridine rings is 2. The minimum atomic E-state index is -0.276. The highest BCUT2D eigenvalue weighted by Crippen LogP contribution is 2.23. The third-order valence-electron chi connectivity index (χ3n) is 4.21. The monoisotopic (exact) mass is 374 g/mol. The number of nitrogens with one attached hydrogen (secondary N) is 1. The molecule has 0 radical (unpaired) electrons. The second-order valence-electron chi connectivity index (χ2n) is 6.37. The third-order valence-corrected chi connectivity index (χ3v) is 4.21. The van der Waals surface area contributed by atoms with Gasteiger partial charge in [0.2, 0.25) is 5.88 Å². The van der Waals surface area contributed by atoms with Gasteiger partial charge in [0, 0.05) is 23.6 Å². The van der Waals surface area contributed by atoms with Gasteiger partial charge in [0.25, 0.3) is 11.6 Å². The van der Waals surface area contributed by atoms with Crippen molar-refractivity contribution >= 4 is 22.7 Å². The minimum absolute atomic E-state index is 0.276. The zero-order valence-corrected chi connectivity index (χ0v) is 15.5. The molecule has 0 fully saturated rings. The molecule has 140 valence electrons. The Balaban J connectivity index is 1.53. The van der Waals surface area contributed by atoms with Crippen LogP contribution >= 0.6 is 0 Å². The van der Waals surface area contributed by atoms with E-state index in [0.717, 1.165) is 5.56 Å². The number of fused-ring (bicyclic) bond motifs is 1. The Bertz CT molecular complexity index is 1140. The first-order chi connectivity index (χ1) is 13.6. The molecule has 0 saturated carbocycles. The van der Waals surface area contributed by atoms with Crippen LogP contribution in [-0.2, 0) is 6.61 Å². The molecular weight excluding hydrogens is 356 g/mol. The summed E-state index contributed by atoms with van der Waals surface area (Å²) in [6.07, 6.45) is 1.59. The van der Waals surface area contributed by atoms with Gasteiger partial charge in [-0.15, -0.1) is 0 Å². The van der Waals surface area contributed by atoms with E-state index < -0.39 is 0 Å². The first kappa shape index (κ1) is 17.7. The van der Waals surface area contributed by atoms with Crippen molar-refractivity contribution in [3.05, 3.63) is 77.2 Å². The van der Waals surface area contributed by atoms with Crippen LogP contribution in [0.25, 0.3) is 11.1 Å². The minimum Gasteiger partial charge on any atom is -0.473 e. The molecule has 7 nitrogen and oxygen atoms in total. The molecule has 3 heterocycles. The highest BCUT2D eigenvalue weighted by Gasteiger charge is 2.18. The van der Waals surface area contributed by atoms with E-state index in [-0.39, 0.29) is 5.91 Å². The molecule has 0 aliphatic carbocycles. The quantitative estimate of drug-likeness (QED) is 0.566. The lowest BCUT2D eigenvalue weighted by atomic mass is 10.1. The Hall–Kier alpha value is -3.74. The summed E-state index contributed by atoms with van der Waals surface area (Å²) in [6.45, 7) is 3.98. The van der Waals surface area contributed by atoms with Crippen LogP contribution in [0.15, 0.2) is 59.3 Å². The van der Waals surface area contributed by atoms with Crippen molar-refractivity contribution in [3.8, 4) is 5.88 Å². The van der Waals surface area contributed by atoms with Gasteiger partial charge in [-0.2, -0.15) is 0 Å². The van der Waals surface area contributed by atoms with Crippen LogP contribution in [-0.4, -0.2) is 21.0 Å². The van der Waals surface area contributed by atoms with Crippen LogP contribution < -0.4 is 10.1 Å². The summed E-state index contributed by atoms with van der Waals surface area (Å²) in [7, 11) is 0. The molecule has 4 rings (SSSR count). The van der Waals surface area contributed by atoms with Gasteiger partial charge in [0.05, 0.1) is 16.6 Å². The van der Waals surface area contributed by atoms with Crippen LogP contribution in [0.2, 0.25) is 0 Å². The van der Waals surface area contributed by atoms with Crippen molar-refractivity contribution in [2.45, 2.75) is 20.5 Å². The number of ether oxygens (including phenoxy) is 1. The largest absolute Gasteiger partial charge is 0.473 e. The Morgan fingerprint density at radius 3 is 2.79 bits per heavy atom. The van der Waals surface area contributed by atoms with Gasteiger partial charge in [0.15, 0.2) is 0 Å². The molecule has 0 aliphatic rings. The first-order valence-electron chi connectivity index (χ1n) is 8.78. The second-order valence-corrected chi connectivity index (χ2v) is 6.37. The van der Waals surface area contributed by atoms with Crippen LogP contribution in [0.3, 0.4) is 0 Å². The third kappa shape index (κ3) is 3.68. The van der Waals surface area contributed by atoms with Gasteiger partial charge in [0.1, 0.15) is 6.61 Å². The van der Waals surface area contributed by atoms with E-state index in [2.05, 4.69) is 20.4 Å². The van der Waals surface area contributed by atoms with Crippen LogP contribution in [0.1, 0.15) is 27.3 Å². The highest BCUT2D eigenvalue weighted by atomic mass is 16.5. The fourth-order valence-electron chi connectivity index (χ4n) is 2.89. The van der Waals surface area contributed by atoms with E-state index >= 15 is 0 Å². The van der Waals surface area contributed by atoms with Crippen molar-refractivity contribution < 1.29 is 14.1 Å². The number of aryl methyl sites for hydroxylation is 2. The molecule has 0 saturated heterocycles. The number of rotatable bonds is 5. The molecule has 0 atom stereocenters. The predicted molar refractivity (Wildman–Crippen MR) is 104 cm³/mol. The smallest absolute Gasteiger partial charge is 0.258 e. The van der Waals surface area contributed by atoms with Crippen LogP contribution in [0.4, 0.5) is 5.69 Å². The Labute approximate surface area is 161 Å². The maximum absolute atomic E-state index is 12.9. The SMILES string of the molecule is Cc1cc(C(=O)Nc2ccnc(OCc3ccccc3)c2)c2c(C)noc2n1. The molecule has 7 heteroatoms. The summed E-state index contributed by atoms with van der Waals surface area (Å²) in [6, 6.07) is 14.9. The first-order valence-corrected chi connectivity index (χ1v) is 8.78. The maximum atomic E-state index is 12.9. The van der Waals surface area contributed by atoms with Crippen molar-refractivity contribution in [1.29, 1.82) is 0 Å². The zero-order valence-electron chi connectivity index (χ0n) is 15.5. The van der Waals surface area contributed by atoms with E-state index in [4.69, 9.17) is 9.26 Å². The topological polar surface area (TPSA) is 90.1 Å². The maximum Gasteiger partial charge on any atom is 0.258 e. The molecule has 1 aromatic carbocycles. The average molecular weight is 374 g/mol. The number of carbonyl (C=O) groups is 1. The molecule has 0 bridgehead atoms. The van der Waals surface area contributed by atoms with Crippen molar-refractivity contribution in [1.82, 2.24) is 15.1 Å².